The largest absolute Gasteiger partial charge is 0.369 e. The SMILES string of the molecule is C[C@H](C(=O)Nc1sc2c(c1C#N)CCC2)N1CC[C@H](C(N)=O)C1. The van der Waals surface area contributed by atoms with Crippen LogP contribution >= 0.6 is 11.3 Å². The number of amides is 2. The molecule has 3 rings (SSSR count). The van der Waals surface area contributed by atoms with Gasteiger partial charge in [0.2, 0.25) is 11.8 Å². The summed E-state index contributed by atoms with van der Waals surface area (Å²) in [5.74, 6) is -0.612. The van der Waals surface area contributed by atoms with Crippen LogP contribution in [0.25, 0.3) is 0 Å². The molecule has 6 nitrogen and oxygen atoms in total. The van der Waals surface area contributed by atoms with Crippen molar-refractivity contribution in [3.05, 3.63) is 16.0 Å². The third kappa shape index (κ3) is 2.96. The van der Waals surface area contributed by atoms with E-state index in [0.29, 0.717) is 30.1 Å². The molecule has 1 aliphatic heterocycles. The maximum atomic E-state index is 12.5. The van der Waals surface area contributed by atoms with E-state index in [9.17, 15) is 14.9 Å². The Morgan fingerprint density at radius 3 is 2.91 bits per heavy atom. The number of rotatable bonds is 4. The van der Waals surface area contributed by atoms with Gasteiger partial charge in [-0.15, -0.1) is 11.3 Å². The van der Waals surface area contributed by atoms with Gasteiger partial charge in [0, 0.05) is 11.4 Å². The topological polar surface area (TPSA) is 99.2 Å². The molecular weight excluding hydrogens is 312 g/mol. The van der Waals surface area contributed by atoms with Gasteiger partial charge in [-0.05, 0) is 44.7 Å². The van der Waals surface area contributed by atoms with Gasteiger partial charge in [-0.25, -0.2) is 0 Å². The maximum Gasteiger partial charge on any atom is 0.242 e. The molecule has 0 spiro atoms. The minimum absolute atomic E-state index is 0.133. The van der Waals surface area contributed by atoms with Gasteiger partial charge in [-0.2, -0.15) is 5.26 Å². The monoisotopic (exact) mass is 332 g/mol. The highest BCUT2D eigenvalue weighted by Crippen LogP contribution is 2.38. The fourth-order valence-electron chi connectivity index (χ4n) is 3.36. The lowest BCUT2D eigenvalue weighted by molar-refractivity contribution is -0.123. The molecule has 1 aromatic heterocycles. The molecule has 2 atom stereocenters. The zero-order chi connectivity index (χ0) is 16.6. The van der Waals surface area contributed by atoms with Gasteiger partial charge in [0.15, 0.2) is 0 Å². The summed E-state index contributed by atoms with van der Waals surface area (Å²) in [4.78, 5) is 26.9. The van der Waals surface area contributed by atoms with Gasteiger partial charge in [0.1, 0.15) is 11.1 Å². The minimum Gasteiger partial charge on any atom is -0.369 e. The number of nitrogens with two attached hydrogens (primary N) is 1. The summed E-state index contributed by atoms with van der Waals surface area (Å²) in [5, 5.41) is 13.0. The number of carbonyl (C=O) groups excluding carboxylic acids is 2. The van der Waals surface area contributed by atoms with Crippen molar-refractivity contribution in [2.45, 2.75) is 38.6 Å². The first kappa shape index (κ1) is 16.0. The summed E-state index contributed by atoms with van der Waals surface area (Å²) in [6.45, 7) is 3.04. The van der Waals surface area contributed by atoms with Crippen LogP contribution < -0.4 is 11.1 Å². The Hall–Kier alpha value is -1.91. The van der Waals surface area contributed by atoms with E-state index in [2.05, 4.69) is 11.4 Å². The van der Waals surface area contributed by atoms with Crippen molar-refractivity contribution in [2.24, 2.45) is 11.7 Å². The molecule has 1 fully saturated rings. The number of anilines is 1. The number of thiophene rings is 1. The summed E-state index contributed by atoms with van der Waals surface area (Å²) in [6.07, 6.45) is 3.70. The number of carbonyl (C=O) groups is 2. The average Bonchev–Trinajstić information content (AvgIpc) is 3.21. The summed E-state index contributed by atoms with van der Waals surface area (Å²) in [5.41, 5.74) is 7.07. The number of hydrogen-bond donors (Lipinski definition) is 2. The molecule has 0 unspecified atom stereocenters. The number of likely N-dealkylation sites (tertiary alicyclic amines) is 1. The molecule has 2 heterocycles. The van der Waals surface area contributed by atoms with Crippen LogP contribution in [0.3, 0.4) is 0 Å². The molecule has 3 N–H and O–H groups in total. The van der Waals surface area contributed by atoms with Crippen molar-refractivity contribution < 1.29 is 9.59 Å². The minimum atomic E-state index is -0.345. The Morgan fingerprint density at radius 1 is 1.48 bits per heavy atom. The molecule has 0 bridgehead atoms. The summed E-state index contributed by atoms with van der Waals surface area (Å²) < 4.78 is 0. The second-order valence-corrected chi connectivity index (χ2v) is 7.33. The Kier molecular flexibility index (Phi) is 4.37. The third-order valence-corrected chi connectivity index (χ3v) is 6.03. The van der Waals surface area contributed by atoms with Gasteiger partial charge in [0.05, 0.1) is 17.5 Å². The number of nitrogens with one attached hydrogen (secondary N) is 1. The lowest BCUT2D eigenvalue weighted by atomic mass is 10.1. The molecule has 122 valence electrons. The third-order valence-electron chi connectivity index (χ3n) is 4.82. The van der Waals surface area contributed by atoms with Crippen LogP contribution in [0, 0.1) is 17.2 Å². The first-order chi connectivity index (χ1) is 11.0. The smallest absolute Gasteiger partial charge is 0.242 e. The molecule has 7 heteroatoms. The molecule has 0 saturated carbocycles. The van der Waals surface area contributed by atoms with E-state index in [1.54, 1.807) is 0 Å². The fourth-order valence-corrected chi connectivity index (χ4v) is 4.61. The van der Waals surface area contributed by atoms with E-state index >= 15 is 0 Å². The Labute approximate surface area is 139 Å². The Balaban J connectivity index is 1.68. The van der Waals surface area contributed by atoms with E-state index in [1.807, 2.05) is 11.8 Å². The summed E-state index contributed by atoms with van der Waals surface area (Å²) >= 11 is 1.52. The standard InChI is InChI=1S/C16H20N4O2S/c1-9(20-6-5-10(8-20)14(18)21)15(22)19-16-12(7-17)11-3-2-4-13(11)23-16/h9-10H,2-6,8H2,1H3,(H2,18,21)(H,19,22)/t9-,10+/m1/s1. The van der Waals surface area contributed by atoms with E-state index in [0.717, 1.165) is 24.8 Å². The number of hydrogen-bond acceptors (Lipinski definition) is 5. The van der Waals surface area contributed by atoms with Gasteiger partial charge < -0.3 is 11.1 Å². The summed E-state index contributed by atoms with van der Waals surface area (Å²) in [7, 11) is 0. The van der Waals surface area contributed by atoms with Crippen LogP contribution in [0.4, 0.5) is 5.00 Å². The van der Waals surface area contributed by atoms with Crippen LogP contribution in [0.15, 0.2) is 0 Å². The van der Waals surface area contributed by atoms with Gasteiger partial charge in [0.25, 0.3) is 0 Å². The molecule has 1 saturated heterocycles. The fraction of sp³-hybridized carbons (Fsp3) is 0.562. The Bertz CT molecular complexity index is 691. The molecule has 0 aromatic carbocycles. The van der Waals surface area contributed by atoms with E-state index < -0.39 is 0 Å². The molecular formula is C16H20N4O2S. The zero-order valence-corrected chi connectivity index (χ0v) is 13.9. The van der Waals surface area contributed by atoms with Gasteiger partial charge >= 0.3 is 0 Å². The molecule has 0 radical (unpaired) electrons. The zero-order valence-electron chi connectivity index (χ0n) is 13.1. The highest BCUT2D eigenvalue weighted by atomic mass is 32.1. The second-order valence-electron chi connectivity index (χ2n) is 6.22. The van der Waals surface area contributed by atoms with E-state index in [4.69, 9.17) is 5.73 Å². The number of primary amides is 1. The van der Waals surface area contributed by atoms with Crippen molar-refractivity contribution in [3.63, 3.8) is 0 Å². The maximum absolute atomic E-state index is 12.5. The van der Waals surface area contributed by atoms with Crippen LogP contribution in [0.2, 0.25) is 0 Å². The van der Waals surface area contributed by atoms with E-state index in [-0.39, 0.29) is 23.8 Å². The highest BCUT2D eigenvalue weighted by molar-refractivity contribution is 7.16. The first-order valence-corrected chi connectivity index (χ1v) is 8.71. The van der Waals surface area contributed by atoms with Crippen LogP contribution in [0.1, 0.15) is 35.8 Å². The summed E-state index contributed by atoms with van der Waals surface area (Å²) in [6, 6.07) is 1.89. The predicted octanol–water partition coefficient (Wildman–Crippen LogP) is 1.24. The van der Waals surface area contributed by atoms with Gasteiger partial charge in [-0.3, -0.25) is 14.5 Å². The Morgan fingerprint density at radius 2 is 2.26 bits per heavy atom. The van der Waals surface area contributed by atoms with Crippen molar-refractivity contribution >= 4 is 28.2 Å². The number of nitrogens with zero attached hydrogens (tertiary/aromatic N) is 2. The van der Waals surface area contributed by atoms with Crippen LogP contribution in [-0.4, -0.2) is 35.8 Å². The molecule has 1 aromatic rings. The predicted molar refractivity (Wildman–Crippen MR) is 88.0 cm³/mol. The van der Waals surface area contributed by atoms with E-state index in [1.165, 1.54) is 16.2 Å². The van der Waals surface area contributed by atoms with Crippen molar-refractivity contribution in [1.29, 1.82) is 5.26 Å². The quantitative estimate of drug-likeness (QED) is 0.866. The number of nitriles is 1. The molecule has 2 aliphatic rings. The van der Waals surface area contributed by atoms with Crippen LogP contribution in [0.5, 0.6) is 0 Å². The van der Waals surface area contributed by atoms with Crippen molar-refractivity contribution in [2.75, 3.05) is 18.4 Å². The lowest BCUT2D eigenvalue weighted by Gasteiger charge is -2.23. The molecule has 2 amide bonds. The highest BCUT2D eigenvalue weighted by Gasteiger charge is 2.33. The van der Waals surface area contributed by atoms with Gasteiger partial charge in [-0.1, -0.05) is 0 Å². The molecule has 1 aliphatic carbocycles. The van der Waals surface area contributed by atoms with Crippen molar-refractivity contribution in [1.82, 2.24) is 4.90 Å². The first-order valence-electron chi connectivity index (χ1n) is 7.90. The normalized spacial score (nSPS) is 21.7. The second kappa shape index (κ2) is 6.30. The average molecular weight is 332 g/mol. The molecule has 23 heavy (non-hydrogen) atoms. The lowest BCUT2D eigenvalue weighted by Crippen LogP contribution is -2.41. The van der Waals surface area contributed by atoms with Crippen molar-refractivity contribution in [3.8, 4) is 6.07 Å². The number of aryl methyl sites for hydroxylation is 1. The van der Waals surface area contributed by atoms with Crippen LogP contribution in [-0.2, 0) is 22.4 Å². The number of fused-ring (bicyclic) bond motifs is 1.